The first kappa shape index (κ1) is 19.0. The molecule has 0 radical (unpaired) electrons. The van der Waals surface area contributed by atoms with E-state index in [-0.39, 0.29) is 0 Å². The summed E-state index contributed by atoms with van der Waals surface area (Å²) in [6.45, 7) is 11.0. The van der Waals surface area contributed by atoms with Crippen LogP contribution in [0, 0.1) is 0 Å². The molecule has 78 valence electrons. The molecule has 0 aliphatic heterocycles. The maximum absolute atomic E-state index is 3.69. The van der Waals surface area contributed by atoms with Crippen LogP contribution < -0.4 is 0 Å². The maximum atomic E-state index is 3.69. The molecule has 0 aromatic heterocycles. The van der Waals surface area contributed by atoms with Crippen LogP contribution in [0.15, 0.2) is 38.0 Å². The van der Waals surface area contributed by atoms with Crippen LogP contribution in [0.5, 0.6) is 0 Å². The van der Waals surface area contributed by atoms with E-state index in [1.807, 2.05) is 18.2 Å². The Morgan fingerprint density at radius 1 is 0.786 bits per heavy atom. The Morgan fingerprint density at radius 3 is 1.29 bits per heavy atom. The first-order valence-corrected chi connectivity index (χ1v) is 31.6. The molecule has 0 rings (SSSR count). The van der Waals surface area contributed by atoms with E-state index in [4.69, 9.17) is 0 Å². The third kappa shape index (κ3) is 20.1. The van der Waals surface area contributed by atoms with Gasteiger partial charge in [0.1, 0.15) is 0 Å². The van der Waals surface area contributed by atoms with Crippen molar-refractivity contribution in [2.45, 2.75) is 14.9 Å². The van der Waals surface area contributed by atoms with E-state index in [9.17, 15) is 0 Å². The van der Waals surface area contributed by atoms with Gasteiger partial charge in [0.25, 0.3) is 0 Å². The number of hydrogen-bond acceptors (Lipinski definition) is 0. The fraction of sp³-hybridized carbons (Fsp3) is 0.333. The van der Waals surface area contributed by atoms with Crippen LogP contribution in [0.25, 0.3) is 0 Å². The van der Waals surface area contributed by atoms with Gasteiger partial charge < -0.3 is 0 Å². The van der Waals surface area contributed by atoms with Crippen molar-refractivity contribution in [3.63, 3.8) is 0 Å². The van der Waals surface area contributed by atoms with E-state index in [1.165, 1.54) is 14.9 Å². The average molecular weight is 643 g/mol. The van der Waals surface area contributed by atoms with Gasteiger partial charge in [-0.2, -0.15) is 0 Å². The molecule has 0 unspecified atom stereocenters. The monoisotopic (exact) mass is 642 g/mol. The average Bonchev–Trinajstić information content (AvgIpc) is 2.05. The van der Waals surface area contributed by atoms with E-state index in [1.54, 1.807) is 0 Å². The molecule has 0 nitrogen and oxygen atoms in total. The fourth-order valence-corrected chi connectivity index (χ4v) is 10.5. The van der Waals surface area contributed by atoms with Crippen molar-refractivity contribution in [2.24, 2.45) is 0 Å². The van der Waals surface area contributed by atoms with E-state index in [0.717, 1.165) is 0 Å². The SMILES string of the molecule is C=C[CH2][Ga]([I])[CH2]C=C.C=C[CH2][Ga]([I])[I]. The molecule has 0 fully saturated rings. The molecule has 0 spiro atoms. The van der Waals surface area contributed by atoms with Gasteiger partial charge in [0.15, 0.2) is 0 Å². The Balaban J connectivity index is 0. The molecule has 0 aromatic rings. The molecule has 14 heavy (non-hydrogen) atoms. The summed E-state index contributed by atoms with van der Waals surface area (Å²) < 4.78 is 0. The van der Waals surface area contributed by atoms with Crippen molar-refractivity contribution in [3.8, 4) is 0 Å². The van der Waals surface area contributed by atoms with Crippen molar-refractivity contribution >= 4 is 80.8 Å². The second-order valence-corrected chi connectivity index (χ2v) is 46.8. The van der Waals surface area contributed by atoms with Gasteiger partial charge in [0.2, 0.25) is 0 Å². The van der Waals surface area contributed by atoms with E-state index in [2.05, 4.69) is 78.8 Å². The summed E-state index contributed by atoms with van der Waals surface area (Å²) in [4.78, 5) is 3.85. The first-order chi connectivity index (χ1) is 6.58. The van der Waals surface area contributed by atoms with Crippen LogP contribution in [-0.4, -0.2) is 21.8 Å². The van der Waals surface area contributed by atoms with Crippen LogP contribution in [0.3, 0.4) is 0 Å². The fourth-order valence-electron chi connectivity index (χ4n) is 0.584. The van der Waals surface area contributed by atoms with E-state index >= 15 is 0 Å². The minimum atomic E-state index is -0.876. The van der Waals surface area contributed by atoms with Crippen molar-refractivity contribution in [1.82, 2.24) is 0 Å². The molecular formula is C9H15Ga2I3. The molecule has 0 N–H and O–H groups in total. The molecule has 5 heteroatoms. The molecule has 0 atom stereocenters. The van der Waals surface area contributed by atoms with Crippen molar-refractivity contribution < 1.29 is 0 Å². The molecule has 0 amide bonds. The van der Waals surface area contributed by atoms with E-state index in [0.29, 0.717) is 0 Å². The van der Waals surface area contributed by atoms with Crippen LogP contribution in [0.1, 0.15) is 0 Å². The van der Waals surface area contributed by atoms with Crippen LogP contribution in [-0.2, 0) is 0 Å². The molecule has 0 heterocycles. The van der Waals surface area contributed by atoms with E-state index < -0.39 is 21.8 Å². The molecule has 0 aliphatic rings. The zero-order valence-corrected chi connectivity index (χ0v) is 19.6. The number of allylic oxidation sites excluding steroid dienone is 3. The predicted octanol–water partition coefficient (Wildman–Crippen LogP) is 5.32. The summed E-state index contributed by atoms with van der Waals surface area (Å²) in [5.74, 6) is 0. The summed E-state index contributed by atoms with van der Waals surface area (Å²) in [5.41, 5.74) is 0. The van der Waals surface area contributed by atoms with Crippen molar-refractivity contribution in [1.29, 1.82) is 0 Å². The van der Waals surface area contributed by atoms with Crippen molar-refractivity contribution in [2.75, 3.05) is 0 Å². The molecular weight excluding hydrogens is 628 g/mol. The van der Waals surface area contributed by atoms with Crippen molar-refractivity contribution in [3.05, 3.63) is 38.0 Å². The van der Waals surface area contributed by atoms with Gasteiger partial charge in [-0.1, -0.05) is 0 Å². The van der Waals surface area contributed by atoms with Crippen LogP contribution >= 0.6 is 59.0 Å². The second kappa shape index (κ2) is 15.7. The Morgan fingerprint density at radius 2 is 1.14 bits per heavy atom. The summed E-state index contributed by atoms with van der Waals surface area (Å²) >= 11 is 6.80. The summed E-state index contributed by atoms with van der Waals surface area (Å²) in [6, 6.07) is 0. The Bertz CT molecular complexity index is 150. The first-order valence-electron chi connectivity index (χ1n) is 4.33. The van der Waals surface area contributed by atoms with Gasteiger partial charge in [-0.05, 0) is 0 Å². The quantitative estimate of drug-likeness (QED) is 0.209. The number of hydrogen-bond donors (Lipinski definition) is 0. The third-order valence-corrected chi connectivity index (χ3v) is 16.8. The summed E-state index contributed by atoms with van der Waals surface area (Å²) in [7, 11) is -0.723. The minimum absolute atomic E-state index is 0.723. The topological polar surface area (TPSA) is 0 Å². The Hall–Kier alpha value is 2.68. The van der Waals surface area contributed by atoms with Gasteiger partial charge >= 0.3 is 134 Å². The summed E-state index contributed by atoms with van der Waals surface area (Å²) in [5, 5.41) is 0. The molecule has 0 aromatic carbocycles. The van der Waals surface area contributed by atoms with Gasteiger partial charge in [-0.3, -0.25) is 0 Å². The van der Waals surface area contributed by atoms with Crippen LogP contribution in [0.4, 0.5) is 0 Å². The third-order valence-electron chi connectivity index (χ3n) is 1.19. The standard InChI is InChI=1S/3C3H5.2Ga.3HI/c3*1-3-2;;;;;/h3*3H,1-2H2;;;3*1H/q;;;+1;+2;;;/p-3. The molecule has 0 saturated carbocycles. The van der Waals surface area contributed by atoms with Gasteiger partial charge in [-0.15, -0.1) is 0 Å². The molecule has 0 saturated heterocycles. The van der Waals surface area contributed by atoms with Gasteiger partial charge in [-0.25, -0.2) is 0 Å². The molecule has 0 bridgehead atoms. The van der Waals surface area contributed by atoms with Gasteiger partial charge in [0.05, 0.1) is 0 Å². The second-order valence-electron chi connectivity index (χ2n) is 2.56. The van der Waals surface area contributed by atoms with Crippen LogP contribution in [0.2, 0.25) is 14.9 Å². The summed E-state index contributed by atoms with van der Waals surface area (Å²) in [6.07, 6.45) is 6.07. The molecule has 0 aliphatic carbocycles. The van der Waals surface area contributed by atoms with Gasteiger partial charge in [0, 0.05) is 0 Å². The number of halogens is 3. The zero-order valence-electron chi connectivity index (χ0n) is 8.26. The number of rotatable bonds is 6. The predicted molar refractivity (Wildman–Crippen MR) is 98.6 cm³/mol. The zero-order chi connectivity index (χ0) is 11.4. The normalized spacial score (nSPS) is 7.93. The Kier molecular flexibility index (Phi) is 21.3. The Labute approximate surface area is 131 Å².